The topological polar surface area (TPSA) is 9.23 Å². The second-order valence-electron chi connectivity index (χ2n) is 3.10. The third-order valence-corrected chi connectivity index (χ3v) is 3.30. The van der Waals surface area contributed by atoms with Crippen molar-refractivity contribution in [1.82, 2.24) is 0 Å². The molecule has 0 spiro atoms. The van der Waals surface area contributed by atoms with Crippen molar-refractivity contribution in [2.24, 2.45) is 0 Å². The fraction of sp³-hybridized carbons (Fsp3) is 0.455. The van der Waals surface area contributed by atoms with Gasteiger partial charge in [0.05, 0.1) is 6.61 Å². The first kappa shape index (κ1) is 13.8. The fourth-order valence-corrected chi connectivity index (χ4v) is 2.14. The predicted molar refractivity (Wildman–Crippen MR) is 67.2 cm³/mol. The van der Waals surface area contributed by atoms with E-state index in [2.05, 4.69) is 22.9 Å². The summed E-state index contributed by atoms with van der Waals surface area (Å²) in [5.74, 6) is 0.168. The molecular weight excluding hydrogens is 298 g/mol. The van der Waals surface area contributed by atoms with E-state index in [1.807, 2.05) is 0 Å². The Balaban J connectivity index is 2.47. The van der Waals surface area contributed by atoms with Gasteiger partial charge in [0.2, 0.25) is 5.82 Å². The van der Waals surface area contributed by atoms with Crippen molar-refractivity contribution in [3.63, 3.8) is 0 Å². The maximum atomic E-state index is 13.2. The molecule has 0 N–H and O–H groups in total. The van der Waals surface area contributed by atoms with Crippen molar-refractivity contribution < 1.29 is 13.5 Å². The van der Waals surface area contributed by atoms with Crippen molar-refractivity contribution in [3.8, 4) is 5.75 Å². The lowest BCUT2D eigenvalue weighted by molar-refractivity contribution is 0.296. The van der Waals surface area contributed by atoms with Crippen molar-refractivity contribution in [1.29, 1.82) is 0 Å². The maximum absolute atomic E-state index is 13.2. The number of hydrogen-bond acceptors (Lipinski definition) is 2. The molecule has 90 valence electrons. The zero-order chi connectivity index (χ0) is 12.0. The Hall–Kier alpha value is -0.290. The minimum Gasteiger partial charge on any atom is -0.490 e. The highest BCUT2D eigenvalue weighted by Crippen LogP contribution is 2.25. The SMILES string of the molecule is CCSCCCOc1cc(Br)cc(F)c1F. The van der Waals surface area contributed by atoms with Gasteiger partial charge in [-0.2, -0.15) is 16.2 Å². The summed E-state index contributed by atoms with van der Waals surface area (Å²) in [6.45, 7) is 2.48. The number of thioether (sulfide) groups is 1. The number of benzene rings is 1. The lowest BCUT2D eigenvalue weighted by Crippen LogP contribution is -2.02. The average molecular weight is 311 g/mol. The van der Waals surface area contributed by atoms with E-state index in [4.69, 9.17) is 4.74 Å². The van der Waals surface area contributed by atoms with Gasteiger partial charge in [0, 0.05) is 4.47 Å². The number of hydrogen-bond donors (Lipinski definition) is 0. The first-order valence-electron chi connectivity index (χ1n) is 5.00. The van der Waals surface area contributed by atoms with E-state index in [0.717, 1.165) is 24.0 Å². The van der Waals surface area contributed by atoms with Crippen LogP contribution in [0.1, 0.15) is 13.3 Å². The second-order valence-corrected chi connectivity index (χ2v) is 5.41. The molecule has 16 heavy (non-hydrogen) atoms. The summed E-state index contributed by atoms with van der Waals surface area (Å²) in [4.78, 5) is 0. The van der Waals surface area contributed by atoms with E-state index in [0.29, 0.717) is 11.1 Å². The van der Waals surface area contributed by atoms with Crippen LogP contribution in [0.5, 0.6) is 5.75 Å². The predicted octanol–water partition coefficient (Wildman–Crippen LogP) is 4.25. The summed E-state index contributed by atoms with van der Waals surface area (Å²) in [5.41, 5.74) is 0. The summed E-state index contributed by atoms with van der Waals surface area (Å²) in [6.07, 6.45) is 0.825. The Labute approximate surface area is 107 Å². The van der Waals surface area contributed by atoms with Gasteiger partial charge in [-0.1, -0.05) is 22.9 Å². The molecule has 0 aliphatic heterocycles. The quantitative estimate of drug-likeness (QED) is 0.574. The van der Waals surface area contributed by atoms with Gasteiger partial charge in [0.25, 0.3) is 0 Å². The van der Waals surface area contributed by atoms with Crippen molar-refractivity contribution in [2.75, 3.05) is 18.1 Å². The molecule has 0 aliphatic carbocycles. The Bertz CT molecular complexity index is 347. The summed E-state index contributed by atoms with van der Waals surface area (Å²) < 4.78 is 31.9. The van der Waals surface area contributed by atoms with E-state index >= 15 is 0 Å². The molecular formula is C11H13BrF2OS. The molecule has 0 heterocycles. The summed E-state index contributed by atoms with van der Waals surface area (Å²) in [6, 6.07) is 2.51. The minimum absolute atomic E-state index is 0.0339. The molecule has 0 saturated heterocycles. The van der Waals surface area contributed by atoms with Gasteiger partial charge < -0.3 is 4.74 Å². The van der Waals surface area contributed by atoms with Crippen LogP contribution in [-0.2, 0) is 0 Å². The molecule has 1 aromatic rings. The highest BCUT2D eigenvalue weighted by atomic mass is 79.9. The second kappa shape index (κ2) is 7.12. The molecule has 0 unspecified atom stereocenters. The van der Waals surface area contributed by atoms with E-state index in [1.54, 1.807) is 11.8 Å². The molecule has 0 fully saturated rings. The Kier molecular flexibility index (Phi) is 6.13. The fourth-order valence-electron chi connectivity index (χ4n) is 1.12. The molecule has 0 bridgehead atoms. The number of ether oxygens (including phenoxy) is 1. The lowest BCUT2D eigenvalue weighted by Gasteiger charge is -2.07. The lowest BCUT2D eigenvalue weighted by atomic mass is 10.3. The van der Waals surface area contributed by atoms with Gasteiger partial charge in [-0.15, -0.1) is 0 Å². The van der Waals surface area contributed by atoms with Crippen LogP contribution in [-0.4, -0.2) is 18.1 Å². The van der Waals surface area contributed by atoms with Crippen LogP contribution < -0.4 is 4.74 Å². The highest BCUT2D eigenvalue weighted by molar-refractivity contribution is 9.10. The van der Waals surface area contributed by atoms with Gasteiger partial charge in [-0.05, 0) is 30.1 Å². The van der Waals surface area contributed by atoms with Gasteiger partial charge in [-0.25, -0.2) is 4.39 Å². The van der Waals surface area contributed by atoms with Gasteiger partial charge in [0.1, 0.15) is 0 Å². The van der Waals surface area contributed by atoms with Crippen molar-refractivity contribution in [2.45, 2.75) is 13.3 Å². The molecule has 0 amide bonds. The van der Waals surface area contributed by atoms with E-state index in [9.17, 15) is 8.78 Å². The largest absolute Gasteiger partial charge is 0.490 e. The average Bonchev–Trinajstić information content (AvgIpc) is 2.24. The van der Waals surface area contributed by atoms with Crippen LogP contribution in [0.15, 0.2) is 16.6 Å². The molecule has 0 aliphatic rings. The summed E-state index contributed by atoms with van der Waals surface area (Å²) >= 11 is 4.89. The molecule has 0 radical (unpaired) electrons. The zero-order valence-electron chi connectivity index (χ0n) is 8.93. The molecule has 1 aromatic carbocycles. The minimum atomic E-state index is -0.925. The number of rotatable bonds is 6. The van der Waals surface area contributed by atoms with Gasteiger partial charge in [0.15, 0.2) is 11.6 Å². The van der Waals surface area contributed by atoms with E-state index in [-0.39, 0.29) is 5.75 Å². The molecule has 0 saturated carbocycles. The third kappa shape index (κ3) is 4.29. The van der Waals surface area contributed by atoms with Crippen LogP contribution in [0.4, 0.5) is 8.78 Å². The normalized spacial score (nSPS) is 10.5. The molecule has 0 aromatic heterocycles. The van der Waals surface area contributed by atoms with Gasteiger partial charge >= 0.3 is 0 Å². The van der Waals surface area contributed by atoms with Gasteiger partial charge in [-0.3, -0.25) is 0 Å². The van der Waals surface area contributed by atoms with Crippen molar-refractivity contribution in [3.05, 3.63) is 28.2 Å². The van der Waals surface area contributed by atoms with Crippen LogP contribution in [0.25, 0.3) is 0 Å². The molecule has 1 rings (SSSR count). The van der Waals surface area contributed by atoms with Crippen LogP contribution in [0.2, 0.25) is 0 Å². The van der Waals surface area contributed by atoms with Crippen LogP contribution in [0, 0.1) is 11.6 Å². The Morgan fingerprint density at radius 2 is 2.12 bits per heavy atom. The first-order valence-corrected chi connectivity index (χ1v) is 6.95. The highest BCUT2D eigenvalue weighted by Gasteiger charge is 2.10. The van der Waals surface area contributed by atoms with E-state index in [1.165, 1.54) is 6.07 Å². The Morgan fingerprint density at radius 3 is 2.81 bits per heavy atom. The smallest absolute Gasteiger partial charge is 0.200 e. The van der Waals surface area contributed by atoms with Crippen molar-refractivity contribution >= 4 is 27.7 Å². The Morgan fingerprint density at radius 1 is 1.38 bits per heavy atom. The summed E-state index contributed by atoms with van der Waals surface area (Å²) in [5, 5.41) is 0. The molecule has 5 heteroatoms. The first-order chi connectivity index (χ1) is 7.65. The zero-order valence-corrected chi connectivity index (χ0v) is 11.3. The maximum Gasteiger partial charge on any atom is 0.200 e. The standard InChI is InChI=1S/C11H13BrF2OS/c1-2-16-5-3-4-15-10-7-8(12)6-9(13)11(10)14/h6-7H,2-5H2,1H3. The molecule has 0 atom stereocenters. The monoisotopic (exact) mass is 310 g/mol. The van der Waals surface area contributed by atoms with Crippen LogP contribution >= 0.6 is 27.7 Å². The number of halogens is 3. The van der Waals surface area contributed by atoms with Crippen LogP contribution in [0.3, 0.4) is 0 Å². The van der Waals surface area contributed by atoms with E-state index < -0.39 is 11.6 Å². The third-order valence-electron chi connectivity index (χ3n) is 1.85. The summed E-state index contributed by atoms with van der Waals surface area (Å²) in [7, 11) is 0. The molecule has 1 nitrogen and oxygen atoms in total.